The Bertz CT molecular complexity index is 806. The Morgan fingerprint density at radius 2 is 1.96 bits per heavy atom. The van der Waals surface area contributed by atoms with Crippen LogP contribution in [0, 0.1) is 12.8 Å². The van der Waals surface area contributed by atoms with E-state index < -0.39 is 0 Å². The van der Waals surface area contributed by atoms with E-state index in [9.17, 15) is 9.59 Å². The Morgan fingerprint density at radius 3 is 2.72 bits per heavy atom. The molecule has 6 heteroatoms. The van der Waals surface area contributed by atoms with E-state index >= 15 is 0 Å². The van der Waals surface area contributed by atoms with Crippen LogP contribution in [0.1, 0.15) is 18.4 Å². The molecule has 2 amide bonds. The standard InChI is InChI=1S/C19H19ClN2O2S/c1-12-5-8-14(20)9-17(12)22-18(23)11-25-16-4-2-3-15(10-16)21-19(24)13-6-7-13/h2-5,8-10,13H,6-7,11H2,1H3,(H,21,24)(H,22,23). The van der Waals surface area contributed by atoms with Gasteiger partial charge in [0.05, 0.1) is 5.75 Å². The molecule has 0 bridgehead atoms. The van der Waals surface area contributed by atoms with Crippen LogP contribution in [0.5, 0.6) is 0 Å². The first-order chi connectivity index (χ1) is 12.0. The summed E-state index contributed by atoms with van der Waals surface area (Å²) in [4.78, 5) is 24.9. The Kier molecular flexibility index (Phi) is 5.66. The van der Waals surface area contributed by atoms with Crippen LogP contribution >= 0.6 is 23.4 Å². The summed E-state index contributed by atoms with van der Waals surface area (Å²) in [5.41, 5.74) is 2.46. The molecule has 0 aromatic heterocycles. The maximum atomic E-state index is 12.2. The molecule has 130 valence electrons. The molecule has 0 unspecified atom stereocenters. The Hall–Kier alpha value is -1.98. The summed E-state index contributed by atoms with van der Waals surface area (Å²) >= 11 is 7.39. The summed E-state index contributed by atoms with van der Waals surface area (Å²) in [6, 6.07) is 13.0. The molecule has 25 heavy (non-hydrogen) atoms. The molecule has 0 aliphatic heterocycles. The number of carbonyl (C=O) groups excluding carboxylic acids is 2. The van der Waals surface area contributed by atoms with Crippen LogP contribution in [0.2, 0.25) is 5.02 Å². The minimum Gasteiger partial charge on any atom is -0.326 e. The highest BCUT2D eigenvalue weighted by atomic mass is 35.5. The quantitative estimate of drug-likeness (QED) is 0.719. The molecule has 3 rings (SSSR count). The van der Waals surface area contributed by atoms with Gasteiger partial charge in [0.25, 0.3) is 0 Å². The predicted octanol–water partition coefficient (Wildman–Crippen LogP) is 4.73. The van der Waals surface area contributed by atoms with Gasteiger partial charge in [-0.15, -0.1) is 11.8 Å². The van der Waals surface area contributed by atoms with Gasteiger partial charge in [0.15, 0.2) is 0 Å². The first kappa shape index (κ1) is 17.8. The molecule has 0 heterocycles. The van der Waals surface area contributed by atoms with Gasteiger partial charge >= 0.3 is 0 Å². The van der Waals surface area contributed by atoms with Gasteiger partial charge in [-0.25, -0.2) is 0 Å². The summed E-state index contributed by atoms with van der Waals surface area (Å²) in [6.07, 6.45) is 1.95. The molecule has 0 atom stereocenters. The Morgan fingerprint density at radius 1 is 1.16 bits per heavy atom. The van der Waals surface area contributed by atoms with E-state index in [2.05, 4.69) is 10.6 Å². The lowest BCUT2D eigenvalue weighted by Gasteiger charge is -2.09. The number of carbonyl (C=O) groups is 2. The molecule has 2 aromatic rings. The van der Waals surface area contributed by atoms with E-state index in [-0.39, 0.29) is 23.5 Å². The van der Waals surface area contributed by atoms with E-state index in [4.69, 9.17) is 11.6 Å². The molecule has 2 N–H and O–H groups in total. The second-order valence-corrected chi connectivity index (χ2v) is 7.57. The minimum atomic E-state index is -0.0946. The number of rotatable bonds is 6. The van der Waals surface area contributed by atoms with Crippen LogP contribution in [0.15, 0.2) is 47.4 Å². The summed E-state index contributed by atoms with van der Waals surface area (Å²) < 4.78 is 0. The monoisotopic (exact) mass is 374 g/mol. The van der Waals surface area contributed by atoms with Crippen molar-refractivity contribution in [3.05, 3.63) is 53.1 Å². The lowest BCUT2D eigenvalue weighted by atomic mass is 10.2. The van der Waals surface area contributed by atoms with Crippen molar-refractivity contribution in [2.24, 2.45) is 5.92 Å². The second-order valence-electron chi connectivity index (χ2n) is 6.09. The number of halogens is 1. The van der Waals surface area contributed by atoms with E-state index in [1.807, 2.05) is 37.3 Å². The Balaban J connectivity index is 1.54. The maximum absolute atomic E-state index is 12.2. The molecule has 4 nitrogen and oxygen atoms in total. The predicted molar refractivity (Wildman–Crippen MR) is 103 cm³/mol. The van der Waals surface area contributed by atoms with Gasteiger partial charge in [-0.1, -0.05) is 23.7 Å². The van der Waals surface area contributed by atoms with Crippen molar-refractivity contribution in [2.45, 2.75) is 24.7 Å². The number of hydrogen-bond acceptors (Lipinski definition) is 3. The van der Waals surface area contributed by atoms with Crippen molar-refractivity contribution in [3.63, 3.8) is 0 Å². The number of anilines is 2. The molecule has 0 saturated heterocycles. The first-order valence-corrected chi connectivity index (χ1v) is 9.47. The summed E-state index contributed by atoms with van der Waals surface area (Å²) in [5.74, 6) is 0.438. The van der Waals surface area contributed by atoms with Crippen molar-refractivity contribution < 1.29 is 9.59 Å². The number of benzene rings is 2. The highest BCUT2D eigenvalue weighted by Gasteiger charge is 2.29. The molecule has 1 aliphatic carbocycles. The summed E-state index contributed by atoms with van der Waals surface area (Å²) in [5, 5.41) is 6.39. The van der Waals surface area contributed by atoms with Crippen LogP contribution in [0.3, 0.4) is 0 Å². The molecular formula is C19H19ClN2O2S. The van der Waals surface area contributed by atoms with E-state index in [0.717, 1.165) is 34.7 Å². The zero-order chi connectivity index (χ0) is 17.8. The maximum Gasteiger partial charge on any atom is 0.234 e. The lowest BCUT2D eigenvalue weighted by molar-refractivity contribution is -0.117. The first-order valence-electron chi connectivity index (χ1n) is 8.11. The lowest BCUT2D eigenvalue weighted by Crippen LogP contribution is -2.15. The summed E-state index contributed by atoms with van der Waals surface area (Å²) in [7, 11) is 0. The van der Waals surface area contributed by atoms with Crippen LogP contribution in [-0.4, -0.2) is 17.6 Å². The molecular weight excluding hydrogens is 356 g/mol. The molecule has 0 spiro atoms. The van der Waals surface area contributed by atoms with Gasteiger partial charge < -0.3 is 10.6 Å². The van der Waals surface area contributed by atoms with Gasteiger partial charge in [0.2, 0.25) is 11.8 Å². The Labute approximate surface area is 156 Å². The molecule has 1 aliphatic rings. The number of aryl methyl sites for hydroxylation is 1. The van der Waals surface area contributed by atoms with Gasteiger partial charge in [0.1, 0.15) is 0 Å². The van der Waals surface area contributed by atoms with Crippen LogP contribution in [-0.2, 0) is 9.59 Å². The highest BCUT2D eigenvalue weighted by Crippen LogP contribution is 2.31. The second kappa shape index (κ2) is 7.93. The number of thioether (sulfide) groups is 1. The number of hydrogen-bond donors (Lipinski definition) is 2. The average molecular weight is 375 g/mol. The zero-order valence-corrected chi connectivity index (χ0v) is 15.4. The SMILES string of the molecule is Cc1ccc(Cl)cc1NC(=O)CSc1cccc(NC(=O)C2CC2)c1. The van der Waals surface area contributed by atoms with Gasteiger partial charge in [-0.2, -0.15) is 0 Å². The third kappa shape index (κ3) is 5.25. The summed E-state index contributed by atoms with van der Waals surface area (Å²) in [6.45, 7) is 1.92. The van der Waals surface area contributed by atoms with Crippen LogP contribution in [0.4, 0.5) is 11.4 Å². The average Bonchev–Trinajstić information content (AvgIpc) is 3.42. The minimum absolute atomic E-state index is 0.0799. The van der Waals surface area contributed by atoms with E-state index in [1.54, 1.807) is 12.1 Å². The van der Waals surface area contributed by atoms with Crippen molar-refractivity contribution in [1.82, 2.24) is 0 Å². The fraction of sp³-hybridized carbons (Fsp3) is 0.263. The number of amides is 2. The van der Waals surface area contributed by atoms with Crippen LogP contribution in [0.25, 0.3) is 0 Å². The molecule has 1 saturated carbocycles. The van der Waals surface area contributed by atoms with Crippen molar-refractivity contribution in [2.75, 3.05) is 16.4 Å². The third-order valence-corrected chi connectivity index (χ3v) is 5.12. The van der Waals surface area contributed by atoms with Crippen molar-refractivity contribution in [1.29, 1.82) is 0 Å². The van der Waals surface area contributed by atoms with Gasteiger partial charge in [-0.3, -0.25) is 9.59 Å². The largest absolute Gasteiger partial charge is 0.326 e. The highest BCUT2D eigenvalue weighted by molar-refractivity contribution is 8.00. The topological polar surface area (TPSA) is 58.2 Å². The smallest absolute Gasteiger partial charge is 0.234 e. The van der Waals surface area contributed by atoms with Crippen molar-refractivity contribution in [3.8, 4) is 0 Å². The fourth-order valence-electron chi connectivity index (χ4n) is 2.32. The molecule has 1 fully saturated rings. The normalized spacial score (nSPS) is 13.4. The molecule has 0 radical (unpaired) electrons. The van der Waals surface area contributed by atoms with Gasteiger partial charge in [-0.05, 0) is 55.7 Å². The van der Waals surface area contributed by atoms with Gasteiger partial charge in [0, 0.05) is 27.2 Å². The third-order valence-electron chi connectivity index (χ3n) is 3.89. The fourth-order valence-corrected chi connectivity index (χ4v) is 3.24. The zero-order valence-electron chi connectivity index (χ0n) is 13.8. The van der Waals surface area contributed by atoms with Crippen LogP contribution < -0.4 is 10.6 Å². The molecule has 2 aromatic carbocycles. The van der Waals surface area contributed by atoms with E-state index in [1.165, 1.54) is 11.8 Å². The van der Waals surface area contributed by atoms with E-state index in [0.29, 0.717) is 5.02 Å². The van der Waals surface area contributed by atoms with Crippen molar-refractivity contribution >= 4 is 46.6 Å². The number of nitrogens with one attached hydrogen (secondary N) is 2.